The van der Waals surface area contributed by atoms with Crippen molar-refractivity contribution in [3.63, 3.8) is 0 Å². The highest BCUT2D eigenvalue weighted by Gasteiger charge is 2.05. The number of rotatable bonds is 6. The Labute approximate surface area is 150 Å². The van der Waals surface area contributed by atoms with Crippen LogP contribution >= 0.6 is 11.6 Å². The fourth-order valence-corrected chi connectivity index (χ4v) is 2.65. The van der Waals surface area contributed by atoms with Crippen LogP contribution in [0.1, 0.15) is 15.9 Å². The van der Waals surface area contributed by atoms with Gasteiger partial charge in [0.25, 0.3) is 0 Å². The zero-order chi connectivity index (χ0) is 17.6. The largest absolute Gasteiger partial charge is 0.368 e. The number of anilines is 1. The standard InChI is InChI=1S/C19H17ClN4O/c20-16-6-1-3-13(11-16)9-10-22-18-8-7-17(23-24-18)14-4-2-5-15(12-14)19(21)25/h1-8,11-12H,9-10H2,(H2,21,25)(H,22,24). The van der Waals surface area contributed by atoms with E-state index in [4.69, 9.17) is 17.3 Å². The minimum Gasteiger partial charge on any atom is -0.368 e. The number of carbonyl (C=O) groups excluding carboxylic acids is 1. The van der Waals surface area contributed by atoms with Gasteiger partial charge in [0.15, 0.2) is 0 Å². The highest BCUT2D eigenvalue weighted by molar-refractivity contribution is 6.30. The van der Waals surface area contributed by atoms with E-state index in [-0.39, 0.29) is 0 Å². The molecule has 0 aliphatic carbocycles. The van der Waals surface area contributed by atoms with Crippen LogP contribution in [0.15, 0.2) is 60.7 Å². The molecule has 0 saturated carbocycles. The molecule has 1 aromatic heterocycles. The molecule has 0 aliphatic rings. The molecule has 5 nitrogen and oxygen atoms in total. The van der Waals surface area contributed by atoms with Gasteiger partial charge in [-0.2, -0.15) is 0 Å². The molecule has 6 heteroatoms. The first-order valence-corrected chi connectivity index (χ1v) is 8.22. The fourth-order valence-electron chi connectivity index (χ4n) is 2.44. The highest BCUT2D eigenvalue weighted by atomic mass is 35.5. The van der Waals surface area contributed by atoms with E-state index >= 15 is 0 Å². The maximum absolute atomic E-state index is 11.3. The van der Waals surface area contributed by atoms with Gasteiger partial charge in [-0.15, -0.1) is 10.2 Å². The topological polar surface area (TPSA) is 80.9 Å². The van der Waals surface area contributed by atoms with Gasteiger partial charge < -0.3 is 11.1 Å². The number of amides is 1. The number of benzene rings is 2. The molecule has 3 N–H and O–H groups in total. The highest BCUT2D eigenvalue weighted by Crippen LogP contribution is 2.18. The molecule has 0 bridgehead atoms. The van der Waals surface area contributed by atoms with E-state index in [1.165, 1.54) is 0 Å². The van der Waals surface area contributed by atoms with Crippen LogP contribution < -0.4 is 11.1 Å². The lowest BCUT2D eigenvalue weighted by molar-refractivity contribution is 0.100. The summed E-state index contributed by atoms with van der Waals surface area (Å²) in [5, 5.41) is 12.3. The molecule has 0 spiro atoms. The van der Waals surface area contributed by atoms with E-state index in [0.29, 0.717) is 17.1 Å². The van der Waals surface area contributed by atoms with E-state index in [1.807, 2.05) is 42.5 Å². The van der Waals surface area contributed by atoms with Crippen LogP contribution in [0.3, 0.4) is 0 Å². The van der Waals surface area contributed by atoms with Gasteiger partial charge in [-0.05, 0) is 48.4 Å². The van der Waals surface area contributed by atoms with Gasteiger partial charge in [-0.1, -0.05) is 35.9 Å². The quantitative estimate of drug-likeness (QED) is 0.710. The second kappa shape index (κ2) is 7.77. The van der Waals surface area contributed by atoms with E-state index in [0.717, 1.165) is 29.1 Å². The first kappa shape index (κ1) is 16.9. The van der Waals surface area contributed by atoms with E-state index in [2.05, 4.69) is 15.5 Å². The number of halogens is 1. The van der Waals surface area contributed by atoms with Crippen LogP contribution in [0.25, 0.3) is 11.3 Å². The SMILES string of the molecule is NC(=O)c1cccc(-c2ccc(NCCc3cccc(Cl)c3)nn2)c1. The molecular formula is C19H17ClN4O. The van der Waals surface area contributed by atoms with Crippen molar-refractivity contribution < 1.29 is 4.79 Å². The first-order chi connectivity index (χ1) is 12.1. The molecule has 0 fully saturated rings. The smallest absolute Gasteiger partial charge is 0.248 e. The minimum absolute atomic E-state index is 0.447. The Morgan fingerprint density at radius 3 is 2.60 bits per heavy atom. The first-order valence-electron chi connectivity index (χ1n) is 7.84. The molecule has 0 radical (unpaired) electrons. The average Bonchev–Trinajstić information content (AvgIpc) is 2.62. The van der Waals surface area contributed by atoms with Gasteiger partial charge in [0.2, 0.25) is 5.91 Å². The number of primary amides is 1. The van der Waals surface area contributed by atoms with Gasteiger partial charge >= 0.3 is 0 Å². The fraction of sp³-hybridized carbons (Fsp3) is 0.105. The van der Waals surface area contributed by atoms with E-state index < -0.39 is 5.91 Å². The maximum atomic E-state index is 11.3. The zero-order valence-electron chi connectivity index (χ0n) is 13.4. The predicted molar refractivity (Wildman–Crippen MR) is 99.6 cm³/mol. The van der Waals surface area contributed by atoms with Crippen molar-refractivity contribution in [2.45, 2.75) is 6.42 Å². The minimum atomic E-state index is -0.464. The molecule has 0 unspecified atom stereocenters. The van der Waals surface area contributed by atoms with Crippen molar-refractivity contribution in [2.24, 2.45) is 5.73 Å². The molecule has 1 amide bonds. The van der Waals surface area contributed by atoms with Crippen molar-refractivity contribution in [1.82, 2.24) is 10.2 Å². The summed E-state index contributed by atoms with van der Waals surface area (Å²) in [6, 6.07) is 18.5. The monoisotopic (exact) mass is 352 g/mol. The van der Waals surface area contributed by atoms with Crippen LogP contribution in [0.4, 0.5) is 5.82 Å². The van der Waals surface area contributed by atoms with E-state index in [1.54, 1.807) is 18.2 Å². The molecule has 25 heavy (non-hydrogen) atoms. The summed E-state index contributed by atoms with van der Waals surface area (Å²) in [7, 11) is 0. The number of nitrogens with two attached hydrogens (primary N) is 1. The molecular weight excluding hydrogens is 336 g/mol. The Bertz CT molecular complexity index is 881. The molecule has 2 aromatic carbocycles. The third-order valence-electron chi connectivity index (χ3n) is 3.72. The van der Waals surface area contributed by atoms with Crippen LogP contribution in [0.2, 0.25) is 5.02 Å². The summed E-state index contributed by atoms with van der Waals surface area (Å²) in [6.45, 7) is 0.728. The van der Waals surface area contributed by atoms with Gasteiger partial charge in [0.1, 0.15) is 5.82 Å². The van der Waals surface area contributed by atoms with Crippen molar-refractivity contribution in [3.05, 3.63) is 76.8 Å². The number of aromatic nitrogens is 2. The molecule has 0 atom stereocenters. The molecule has 0 aliphatic heterocycles. The maximum Gasteiger partial charge on any atom is 0.248 e. The Kier molecular flexibility index (Phi) is 5.26. The lowest BCUT2D eigenvalue weighted by Gasteiger charge is -2.07. The van der Waals surface area contributed by atoms with Crippen LogP contribution in [-0.2, 0) is 6.42 Å². The summed E-state index contributed by atoms with van der Waals surface area (Å²) in [5.74, 6) is 0.228. The average molecular weight is 353 g/mol. The normalized spacial score (nSPS) is 10.4. The summed E-state index contributed by atoms with van der Waals surface area (Å²) in [5.41, 5.74) is 8.40. The Hall–Kier alpha value is -2.92. The lowest BCUT2D eigenvalue weighted by atomic mass is 10.1. The predicted octanol–water partition coefficient (Wildman–Crippen LogP) is 3.55. The third kappa shape index (κ3) is 4.55. The van der Waals surface area contributed by atoms with Crippen LogP contribution in [-0.4, -0.2) is 22.6 Å². The Balaban J connectivity index is 1.62. The van der Waals surface area contributed by atoms with Gasteiger partial charge in [-0.3, -0.25) is 4.79 Å². The van der Waals surface area contributed by atoms with Crippen molar-refractivity contribution in [1.29, 1.82) is 0 Å². The van der Waals surface area contributed by atoms with Crippen molar-refractivity contribution >= 4 is 23.3 Å². The number of nitrogens with zero attached hydrogens (tertiary/aromatic N) is 2. The van der Waals surface area contributed by atoms with Gasteiger partial charge in [0.05, 0.1) is 5.69 Å². The van der Waals surface area contributed by atoms with Crippen LogP contribution in [0.5, 0.6) is 0 Å². The molecule has 0 saturated heterocycles. The zero-order valence-corrected chi connectivity index (χ0v) is 14.2. The second-order valence-corrected chi connectivity index (χ2v) is 5.99. The Morgan fingerprint density at radius 1 is 1.04 bits per heavy atom. The molecule has 3 aromatic rings. The van der Waals surface area contributed by atoms with Crippen molar-refractivity contribution in [2.75, 3.05) is 11.9 Å². The van der Waals surface area contributed by atoms with Gasteiger partial charge in [0, 0.05) is 22.7 Å². The van der Waals surface area contributed by atoms with Crippen molar-refractivity contribution in [3.8, 4) is 11.3 Å². The van der Waals surface area contributed by atoms with E-state index in [9.17, 15) is 4.79 Å². The third-order valence-corrected chi connectivity index (χ3v) is 3.95. The summed E-state index contributed by atoms with van der Waals surface area (Å²) in [4.78, 5) is 11.3. The number of nitrogens with one attached hydrogen (secondary N) is 1. The Morgan fingerprint density at radius 2 is 1.88 bits per heavy atom. The summed E-state index contributed by atoms with van der Waals surface area (Å²) in [6.07, 6.45) is 0.838. The number of hydrogen-bond donors (Lipinski definition) is 2. The van der Waals surface area contributed by atoms with Crippen LogP contribution in [0, 0.1) is 0 Å². The second-order valence-electron chi connectivity index (χ2n) is 5.56. The molecule has 1 heterocycles. The molecule has 126 valence electrons. The molecule has 3 rings (SSSR count). The summed E-state index contributed by atoms with van der Waals surface area (Å²) >= 11 is 5.98. The summed E-state index contributed by atoms with van der Waals surface area (Å²) < 4.78 is 0. The number of hydrogen-bond acceptors (Lipinski definition) is 4. The number of carbonyl (C=O) groups is 1. The van der Waals surface area contributed by atoms with Gasteiger partial charge in [-0.25, -0.2) is 0 Å². The lowest BCUT2D eigenvalue weighted by Crippen LogP contribution is -2.10.